The van der Waals surface area contributed by atoms with E-state index in [4.69, 9.17) is 12.2 Å². The predicted molar refractivity (Wildman–Crippen MR) is 117 cm³/mol. The first-order chi connectivity index (χ1) is 14.8. The molecular formula is C22H15N3O5S. The number of benzene rings is 2. The van der Waals surface area contributed by atoms with Crippen LogP contribution < -0.4 is 10.2 Å². The summed E-state index contributed by atoms with van der Waals surface area (Å²) in [5, 5.41) is 21.1. The number of aromatic hydroxyl groups is 1. The molecule has 3 N–H and O–H groups in total. The van der Waals surface area contributed by atoms with Crippen LogP contribution in [0.25, 0.3) is 11.8 Å². The first-order valence-electron chi connectivity index (χ1n) is 9.07. The summed E-state index contributed by atoms with van der Waals surface area (Å²) in [6, 6.07) is 15.6. The van der Waals surface area contributed by atoms with Crippen molar-refractivity contribution in [3.05, 3.63) is 83.7 Å². The van der Waals surface area contributed by atoms with Gasteiger partial charge in [-0.15, -0.1) is 0 Å². The van der Waals surface area contributed by atoms with Crippen LogP contribution in [0.5, 0.6) is 5.75 Å². The van der Waals surface area contributed by atoms with Gasteiger partial charge in [0.15, 0.2) is 5.11 Å². The van der Waals surface area contributed by atoms with E-state index in [0.717, 1.165) is 10.6 Å². The second-order valence-electron chi connectivity index (χ2n) is 6.63. The molecule has 3 aromatic rings. The Kier molecular flexibility index (Phi) is 5.10. The van der Waals surface area contributed by atoms with Crippen molar-refractivity contribution in [2.24, 2.45) is 0 Å². The Morgan fingerprint density at radius 2 is 1.74 bits per heavy atom. The number of phenols is 1. The Hall–Kier alpha value is -4.24. The Labute approximate surface area is 181 Å². The summed E-state index contributed by atoms with van der Waals surface area (Å²) in [5.41, 5.74) is 1.33. The average molecular weight is 433 g/mol. The molecule has 1 aliphatic rings. The number of anilines is 1. The largest absolute Gasteiger partial charge is 0.508 e. The van der Waals surface area contributed by atoms with E-state index in [0.29, 0.717) is 5.69 Å². The molecule has 0 saturated carbocycles. The lowest BCUT2D eigenvalue weighted by Gasteiger charge is -2.29. The van der Waals surface area contributed by atoms with Gasteiger partial charge in [-0.05, 0) is 72.9 Å². The first kappa shape index (κ1) is 20.0. The van der Waals surface area contributed by atoms with E-state index in [-0.39, 0.29) is 27.7 Å². The number of nitrogens with one attached hydrogen (secondary N) is 1. The number of rotatable bonds is 4. The number of carbonyl (C=O) groups is 3. The number of hydrogen-bond acceptors (Lipinski definition) is 5. The molecule has 0 atom stereocenters. The zero-order chi connectivity index (χ0) is 22.1. The number of aromatic carboxylic acids is 1. The van der Waals surface area contributed by atoms with Crippen molar-refractivity contribution in [2.75, 3.05) is 4.90 Å². The van der Waals surface area contributed by atoms with E-state index in [1.165, 1.54) is 42.5 Å². The van der Waals surface area contributed by atoms with E-state index < -0.39 is 17.8 Å². The molecule has 0 spiro atoms. The van der Waals surface area contributed by atoms with Gasteiger partial charge in [0.1, 0.15) is 11.3 Å². The summed E-state index contributed by atoms with van der Waals surface area (Å²) in [5.74, 6) is -2.36. The second-order valence-corrected chi connectivity index (χ2v) is 7.02. The maximum atomic E-state index is 13.2. The highest BCUT2D eigenvalue weighted by molar-refractivity contribution is 7.80. The Balaban J connectivity index is 1.74. The van der Waals surface area contributed by atoms with Gasteiger partial charge in [-0.2, -0.15) is 0 Å². The standard InChI is InChI=1S/C22H15N3O5S/c26-17-8-6-14(7-9-17)24-10-2-5-15(24)12-18-19(27)23-22(31)25(20(18)28)16-4-1-3-13(11-16)21(29)30/h1-12,26H,(H,29,30)(H,23,27,31). The van der Waals surface area contributed by atoms with Gasteiger partial charge < -0.3 is 14.8 Å². The summed E-state index contributed by atoms with van der Waals surface area (Å²) < 4.78 is 1.75. The van der Waals surface area contributed by atoms with Gasteiger partial charge in [0.25, 0.3) is 11.8 Å². The molecule has 1 aromatic heterocycles. The number of nitrogens with zero attached hydrogens (tertiary/aromatic N) is 2. The Morgan fingerprint density at radius 1 is 1.00 bits per heavy atom. The van der Waals surface area contributed by atoms with E-state index in [9.17, 15) is 24.6 Å². The molecule has 0 aliphatic carbocycles. The van der Waals surface area contributed by atoms with Crippen molar-refractivity contribution in [2.45, 2.75) is 0 Å². The number of hydrogen-bond donors (Lipinski definition) is 3. The van der Waals surface area contributed by atoms with E-state index in [1.54, 1.807) is 35.0 Å². The van der Waals surface area contributed by atoms with Gasteiger partial charge in [-0.1, -0.05) is 6.07 Å². The summed E-state index contributed by atoms with van der Waals surface area (Å²) in [7, 11) is 0. The van der Waals surface area contributed by atoms with Crippen molar-refractivity contribution in [1.82, 2.24) is 9.88 Å². The number of carboxylic acid groups (broad SMARTS) is 1. The number of aromatic nitrogens is 1. The van der Waals surface area contributed by atoms with Crippen LogP contribution in [-0.2, 0) is 9.59 Å². The average Bonchev–Trinajstić information content (AvgIpc) is 3.20. The molecule has 2 amide bonds. The van der Waals surface area contributed by atoms with Crippen LogP contribution in [0.3, 0.4) is 0 Å². The maximum absolute atomic E-state index is 13.2. The van der Waals surface area contributed by atoms with Crippen molar-refractivity contribution >= 4 is 46.9 Å². The normalized spacial score (nSPS) is 15.3. The highest BCUT2D eigenvalue weighted by atomic mass is 32.1. The molecule has 9 heteroatoms. The maximum Gasteiger partial charge on any atom is 0.335 e. The monoisotopic (exact) mass is 433 g/mol. The van der Waals surface area contributed by atoms with Crippen LogP contribution in [0, 0.1) is 0 Å². The number of thiocarbonyl (C=S) groups is 1. The number of phenolic OH excluding ortho intramolecular Hbond substituents is 1. The molecule has 2 heterocycles. The summed E-state index contributed by atoms with van der Waals surface area (Å²) in [6.45, 7) is 0. The summed E-state index contributed by atoms with van der Waals surface area (Å²) in [4.78, 5) is 38.1. The van der Waals surface area contributed by atoms with Gasteiger partial charge in [-0.3, -0.25) is 19.8 Å². The molecule has 0 bridgehead atoms. The van der Waals surface area contributed by atoms with Crippen LogP contribution in [0.4, 0.5) is 5.69 Å². The first-order valence-corrected chi connectivity index (χ1v) is 9.47. The van der Waals surface area contributed by atoms with E-state index >= 15 is 0 Å². The fourth-order valence-electron chi connectivity index (χ4n) is 3.18. The Morgan fingerprint density at radius 3 is 2.45 bits per heavy atom. The van der Waals surface area contributed by atoms with Crippen molar-refractivity contribution in [3.8, 4) is 11.4 Å². The molecule has 2 aromatic carbocycles. The lowest BCUT2D eigenvalue weighted by molar-refractivity contribution is -0.122. The number of carboxylic acids is 1. The third kappa shape index (κ3) is 3.81. The molecule has 0 radical (unpaired) electrons. The van der Waals surface area contributed by atoms with Crippen LogP contribution in [0.15, 0.2) is 72.4 Å². The molecule has 1 fully saturated rings. The van der Waals surface area contributed by atoms with Crippen LogP contribution in [0.1, 0.15) is 16.1 Å². The van der Waals surface area contributed by atoms with Crippen molar-refractivity contribution < 1.29 is 24.6 Å². The highest BCUT2D eigenvalue weighted by Crippen LogP contribution is 2.24. The Bertz CT molecular complexity index is 1260. The predicted octanol–water partition coefficient (Wildman–Crippen LogP) is 2.71. The topological polar surface area (TPSA) is 112 Å². The minimum Gasteiger partial charge on any atom is -0.508 e. The van der Waals surface area contributed by atoms with Gasteiger partial charge in [0.05, 0.1) is 11.3 Å². The lowest BCUT2D eigenvalue weighted by Crippen LogP contribution is -2.54. The van der Waals surface area contributed by atoms with E-state index in [1.807, 2.05) is 0 Å². The number of amides is 2. The van der Waals surface area contributed by atoms with Crippen LogP contribution in [0.2, 0.25) is 0 Å². The molecule has 154 valence electrons. The fraction of sp³-hybridized carbons (Fsp3) is 0. The molecule has 0 unspecified atom stereocenters. The van der Waals surface area contributed by atoms with Crippen LogP contribution >= 0.6 is 12.2 Å². The second kappa shape index (κ2) is 7.88. The SMILES string of the molecule is O=C1NC(=S)N(c2cccc(C(=O)O)c2)C(=O)C1=Cc1cccn1-c1ccc(O)cc1. The third-order valence-electron chi connectivity index (χ3n) is 4.65. The summed E-state index contributed by atoms with van der Waals surface area (Å²) >= 11 is 5.16. The molecule has 31 heavy (non-hydrogen) atoms. The quantitative estimate of drug-likeness (QED) is 0.331. The minimum atomic E-state index is -1.15. The van der Waals surface area contributed by atoms with Crippen LogP contribution in [-0.4, -0.2) is 37.7 Å². The highest BCUT2D eigenvalue weighted by Gasteiger charge is 2.35. The van der Waals surface area contributed by atoms with Gasteiger partial charge in [-0.25, -0.2) is 4.79 Å². The van der Waals surface area contributed by atoms with E-state index in [2.05, 4.69) is 5.32 Å². The molecular weight excluding hydrogens is 418 g/mol. The van der Waals surface area contributed by atoms with Gasteiger partial charge in [0, 0.05) is 17.6 Å². The van der Waals surface area contributed by atoms with Gasteiger partial charge >= 0.3 is 5.97 Å². The smallest absolute Gasteiger partial charge is 0.335 e. The van der Waals surface area contributed by atoms with Gasteiger partial charge in [0.2, 0.25) is 0 Å². The number of carbonyl (C=O) groups excluding carboxylic acids is 2. The fourth-order valence-corrected chi connectivity index (χ4v) is 3.46. The molecule has 1 saturated heterocycles. The van der Waals surface area contributed by atoms with Crippen molar-refractivity contribution in [1.29, 1.82) is 0 Å². The van der Waals surface area contributed by atoms with Crippen molar-refractivity contribution in [3.63, 3.8) is 0 Å². The zero-order valence-electron chi connectivity index (χ0n) is 15.9. The zero-order valence-corrected chi connectivity index (χ0v) is 16.7. The lowest BCUT2D eigenvalue weighted by atomic mass is 10.1. The minimum absolute atomic E-state index is 0.0169. The molecule has 4 rings (SSSR count). The summed E-state index contributed by atoms with van der Waals surface area (Å²) in [6.07, 6.45) is 3.18. The molecule has 8 nitrogen and oxygen atoms in total. The molecule has 1 aliphatic heterocycles. The third-order valence-corrected chi connectivity index (χ3v) is 4.94.